The fraction of sp³-hybridized carbons (Fsp3) is 0.150. The van der Waals surface area contributed by atoms with Crippen molar-refractivity contribution in [3.63, 3.8) is 0 Å². The van der Waals surface area contributed by atoms with Gasteiger partial charge in [-0.25, -0.2) is 9.67 Å². The van der Waals surface area contributed by atoms with E-state index in [1.807, 2.05) is 31.2 Å². The summed E-state index contributed by atoms with van der Waals surface area (Å²) < 4.78 is 13.0. The molecule has 0 radical (unpaired) electrons. The molecule has 3 N–H and O–H groups in total. The van der Waals surface area contributed by atoms with Crippen molar-refractivity contribution in [1.82, 2.24) is 14.8 Å². The van der Waals surface area contributed by atoms with Gasteiger partial charge in [0, 0.05) is 7.05 Å². The number of nitrogens with two attached hydrogens (primary N) is 1. The van der Waals surface area contributed by atoms with Crippen molar-refractivity contribution in [2.24, 2.45) is 7.05 Å². The summed E-state index contributed by atoms with van der Waals surface area (Å²) in [5, 5.41) is 14.4. The Morgan fingerprint density at radius 1 is 1.21 bits per heavy atom. The lowest BCUT2D eigenvalue weighted by Gasteiger charge is -2.12. The zero-order chi connectivity index (χ0) is 19.8. The van der Waals surface area contributed by atoms with Crippen LogP contribution in [0.4, 0.5) is 5.69 Å². The van der Waals surface area contributed by atoms with Crippen molar-refractivity contribution < 1.29 is 14.3 Å². The van der Waals surface area contributed by atoms with Crippen molar-refractivity contribution in [2.75, 3.05) is 5.73 Å². The molecule has 0 fully saturated rings. The van der Waals surface area contributed by atoms with Gasteiger partial charge >= 0.3 is 0 Å². The lowest BCUT2D eigenvalue weighted by Crippen LogP contribution is -2.08. The van der Waals surface area contributed by atoms with Crippen LogP contribution in [0.2, 0.25) is 0 Å². The van der Waals surface area contributed by atoms with Crippen molar-refractivity contribution >= 4 is 16.7 Å². The molecule has 0 saturated heterocycles. The van der Waals surface area contributed by atoms with Gasteiger partial charge in [0.05, 0.1) is 5.69 Å². The molecule has 0 bridgehead atoms. The Labute approximate surface area is 159 Å². The zero-order valence-corrected chi connectivity index (χ0v) is 15.3. The predicted octanol–water partition coefficient (Wildman–Crippen LogP) is 2.76. The average molecular weight is 378 g/mol. The Balaban J connectivity index is 1.82. The summed E-state index contributed by atoms with van der Waals surface area (Å²) in [6.07, 6.45) is 1.30. The molecule has 142 valence electrons. The molecule has 0 aliphatic heterocycles. The Morgan fingerprint density at radius 2 is 1.96 bits per heavy atom. The van der Waals surface area contributed by atoms with E-state index in [-0.39, 0.29) is 40.6 Å². The first-order valence-electron chi connectivity index (χ1n) is 8.56. The molecular formula is C20H18N4O4. The minimum absolute atomic E-state index is 0.0792. The van der Waals surface area contributed by atoms with E-state index in [1.165, 1.54) is 11.0 Å². The second-order valence-corrected chi connectivity index (χ2v) is 6.45. The maximum atomic E-state index is 12.9. The summed E-state index contributed by atoms with van der Waals surface area (Å²) in [7, 11) is 1.62. The molecule has 28 heavy (non-hydrogen) atoms. The minimum atomic E-state index is -0.648. The van der Waals surface area contributed by atoms with Crippen molar-refractivity contribution in [2.45, 2.75) is 13.5 Å². The lowest BCUT2D eigenvalue weighted by atomic mass is 10.1. The SMILES string of the molecule is Cc1ccc(COc2ccc(N)c3oc(-c4ncnn4C)c(O)c(=O)c23)cc1. The number of ether oxygens (including phenoxy) is 1. The first-order chi connectivity index (χ1) is 13.5. The predicted molar refractivity (Wildman–Crippen MR) is 104 cm³/mol. The highest BCUT2D eigenvalue weighted by molar-refractivity contribution is 5.94. The van der Waals surface area contributed by atoms with Crippen LogP contribution in [0.5, 0.6) is 11.5 Å². The second kappa shape index (κ2) is 6.73. The van der Waals surface area contributed by atoms with Gasteiger partial charge in [-0.3, -0.25) is 4.79 Å². The maximum absolute atomic E-state index is 12.9. The Kier molecular flexibility index (Phi) is 4.23. The highest BCUT2D eigenvalue weighted by Gasteiger charge is 2.22. The third-order valence-corrected chi connectivity index (χ3v) is 4.44. The normalized spacial score (nSPS) is 11.1. The number of nitrogens with zero attached hydrogens (tertiary/aromatic N) is 3. The van der Waals surface area contributed by atoms with Gasteiger partial charge in [0.25, 0.3) is 0 Å². The van der Waals surface area contributed by atoms with Crippen LogP contribution in [-0.2, 0) is 13.7 Å². The molecule has 4 rings (SSSR count). The highest BCUT2D eigenvalue weighted by atomic mass is 16.5. The van der Waals surface area contributed by atoms with Crippen LogP contribution < -0.4 is 15.9 Å². The number of hydrogen-bond acceptors (Lipinski definition) is 7. The summed E-state index contributed by atoms with van der Waals surface area (Å²) in [5.74, 6) is -0.186. The highest BCUT2D eigenvalue weighted by Crippen LogP contribution is 2.35. The van der Waals surface area contributed by atoms with Crippen LogP contribution >= 0.6 is 0 Å². The monoisotopic (exact) mass is 378 g/mol. The quantitative estimate of drug-likeness (QED) is 0.524. The summed E-state index contributed by atoms with van der Waals surface area (Å²) in [5.41, 5.74) is 7.83. The molecule has 4 aromatic rings. The molecule has 0 aliphatic carbocycles. The molecule has 0 aliphatic rings. The number of nitrogen functional groups attached to an aromatic ring is 1. The number of anilines is 1. The van der Waals surface area contributed by atoms with Crippen molar-refractivity contribution in [3.05, 3.63) is 64.1 Å². The van der Waals surface area contributed by atoms with Crippen LogP contribution in [0.1, 0.15) is 11.1 Å². The van der Waals surface area contributed by atoms with E-state index in [9.17, 15) is 9.90 Å². The Hall–Kier alpha value is -3.81. The van der Waals surface area contributed by atoms with Gasteiger partial charge in [0.2, 0.25) is 16.9 Å². The first kappa shape index (κ1) is 17.6. The van der Waals surface area contributed by atoms with E-state index in [0.717, 1.165) is 11.1 Å². The van der Waals surface area contributed by atoms with E-state index in [0.29, 0.717) is 0 Å². The van der Waals surface area contributed by atoms with Gasteiger partial charge < -0.3 is 20.0 Å². The summed E-state index contributed by atoms with van der Waals surface area (Å²) in [6.45, 7) is 2.26. The zero-order valence-electron chi connectivity index (χ0n) is 15.3. The minimum Gasteiger partial charge on any atom is -0.501 e. The molecular weight excluding hydrogens is 360 g/mol. The van der Waals surface area contributed by atoms with Gasteiger partial charge in [0.15, 0.2) is 11.4 Å². The topological polar surface area (TPSA) is 116 Å². The lowest BCUT2D eigenvalue weighted by molar-refractivity contribution is 0.309. The number of aromatic nitrogens is 3. The number of benzene rings is 2. The average Bonchev–Trinajstić information content (AvgIpc) is 3.11. The molecule has 0 saturated carbocycles. The number of aromatic hydroxyl groups is 1. The first-order valence-corrected chi connectivity index (χ1v) is 8.56. The standard InChI is InChI=1S/C20H18N4O4/c1-11-3-5-12(6-4-11)9-27-14-8-7-13(21)18-15(14)16(25)17(26)19(28-18)20-22-10-23-24(20)2/h3-8,10,26H,9,21H2,1-2H3. The van der Waals surface area contributed by atoms with Gasteiger partial charge in [-0.05, 0) is 24.6 Å². The van der Waals surface area contributed by atoms with Crippen LogP contribution in [0.25, 0.3) is 22.6 Å². The van der Waals surface area contributed by atoms with E-state index in [4.69, 9.17) is 14.9 Å². The molecule has 0 atom stereocenters. The third-order valence-electron chi connectivity index (χ3n) is 4.44. The molecule has 0 spiro atoms. The largest absolute Gasteiger partial charge is 0.501 e. The maximum Gasteiger partial charge on any atom is 0.239 e. The van der Waals surface area contributed by atoms with Gasteiger partial charge in [-0.1, -0.05) is 29.8 Å². The molecule has 0 amide bonds. The van der Waals surface area contributed by atoms with Gasteiger partial charge in [-0.2, -0.15) is 5.10 Å². The number of fused-ring (bicyclic) bond motifs is 1. The van der Waals surface area contributed by atoms with Crippen LogP contribution in [0.15, 0.2) is 51.9 Å². The van der Waals surface area contributed by atoms with E-state index < -0.39 is 11.2 Å². The molecule has 8 nitrogen and oxygen atoms in total. The Morgan fingerprint density at radius 3 is 2.64 bits per heavy atom. The van der Waals surface area contributed by atoms with E-state index in [1.54, 1.807) is 19.2 Å². The van der Waals surface area contributed by atoms with Crippen LogP contribution in [0, 0.1) is 6.92 Å². The van der Waals surface area contributed by atoms with Crippen LogP contribution in [-0.4, -0.2) is 19.9 Å². The summed E-state index contributed by atoms with van der Waals surface area (Å²) in [4.78, 5) is 16.9. The number of hydrogen-bond donors (Lipinski definition) is 2. The second-order valence-electron chi connectivity index (χ2n) is 6.45. The molecule has 2 heterocycles. The Bertz CT molecular complexity index is 1230. The number of aryl methyl sites for hydroxylation is 2. The fourth-order valence-electron chi connectivity index (χ4n) is 2.90. The van der Waals surface area contributed by atoms with Crippen molar-refractivity contribution in [3.8, 4) is 23.1 Å². The third kappa shape index (κ3) is 2.94. The molecule has 8 heteroatoms. The van der Waals surface area contributed by atoms with Crippen LogP contribution in [0.3, 0.4) is 0 Å². The van der Waals surface area contributed by atoms with Gasteiger partial charge in [0.1, 0.15) is 24.1 Å². The van der Waals surface area contributed by atoms with Crippen molar-refractivity contribution in [1.29, 1.82) is 0 Å². The summed E-state index contributed by atoms with van der Waals surface area (Å²) in [6, 6.07) is 11.0. The summed E-state index contributed by atoms with van der Waals surface area (Å²) >= 11 is 0. The fourth-order valence-corrected chi connectivity index (χ4v) is 2.90. The molecule has 0 unspecified atom stereocenters. The number of rotatable bonds is 4. The molecule has 2 aromatic heterocycles. The van der Waals surface area contributed by atoms with Gasteiger partial charge in [-0.15, -0.1) is 0 Å². The smallest absolute Gasteiger partial charge is 0.239 e. The molecule has 2 aromatic carbocycles. The van der Waals surface area contributed by atoms with E-state index in [2.05, 4.69) is 10.1 Å². The van der Waals surface area contributed by atoms with E-state index >= 15 is 0 Å².